The lowest BCUT2D eigenvalue weighted by Gasteiger charge is -2.17. The summed E-state index contributed by atoms with van der Waals surface area (Å²) in [5, 5.41) is 27.0. The Labute approximate surface area is 199 Å². The van der Waals surface area contributed by atoms with Gasteiger partial charge in [0.15, 0.2) is 0 Å². The van der Waals surface area contributed by atoms with E-state index in [1.54, 1.807) is 38.1 Å². The van der Waals surface area contributed by atoms with Crippen LogP contribution in [0.3, 0.4) is 0 Å². The van der Waals surface area contributed by atoms with Gasteiger partial charge in [0.05, 0.1) is 27.6 Å². The van der Waals surface area contributed by atoms with E-state index in [1.165, 1.54) is 5.56 Å². The Morgan fingerprint density at radius 2 is 1.88 bits per heavy atom. The molecule has 7 heteroatoms. The van der Waals surface area contributed by atoms with E-state index in [2.05, 4.69) is 25.2 Å². The zero-order chi connectivity index (χ0) is 24.2. The van der Waals surface area contributed by atoms with E-state index in [9.17, 15) is 9.90 Å². The molecule has 0 saturated carbocycles. The van der Waals surface area contributed by atoms with Crippen molar-refractivity contribution in [3.63, 3.8) is 0 Å². The van der Waals surface area contributed by atoms with Crippen LogP contribution in [-0.2, 0) is 19.3 Å². The summed E-state index contributed by atoms with van der Waals surface area (Å²) in [5.74, 6) is -0.210. The Bertz CT molecular complexity index is 1180. The molecule has 0 radical (unpaired) electrons. The van der Waals surface area contributed by atoms with Gasteiger partial charge in [-0.05, 0) is 62.6 Å². The van der Waals surface area contributed by atoms with E-state index in [-0.39, 0.29) is 12.5 Å². The zero-order valence-corrected chi connectivity index (χ0v) is 20.2. The van der Waals surface area contributed by atoms with E-state index in [1.807, 2.05) is 22.9 Å². The van der Waals surface area contributed by atoms with Gasteiger partial charge in [-0.3, -0.25) is 4.79 Å². The van der Waals surface area contributed by atoms with Gasteiger partial charge in [-0.1, -0.05) is 37.6 Å². The summed E-state index contributed by atoms with van der Waals surface area (Å²) in [5.41, 5.74) is 5.22. The normalized spacial score (nSPS) is 11.3. The fourth-order valence-electron chi connectivity index (χ4n) is 3.70. The molecule has 1 amide bonds. The lowest BCUT2D eigenvalue weighted by Crippen LogP contribution is -2.38. The number of aromatic nitrogens is 2. The smallest absolute Gasteiger partial charge is 0.251 e. The predicted octanol–water partition coefficient (Wildman–Crippen LogP) is 4.61. The van der Waals surface area contributed by atoms with Crippen molar-refractivity contribution in [2.24, 2.45) is 0 Å². The lowest BCUT2D eigenvalue weighted by atomic mass is 9.99. The number of aliphatic hydroxyl groups is 1. The Balaban J connectivity index is 1.87. The Morgan fingerprint density at radius 3 is 2.42 bits per heavy atom. The fraction of sp³-hybridized carbons (Fsp3) is 0.346. The minimum absolute atomic E-state index is 0.186. The molecule has 1 aromatic heterocycles. The van der Waals surface area contributed by atoms with Crippen LogP contribution in [0.1, 0.15) is 66.1 Å². The standard InChI is InChI=1S/C26H29ClN4O2/c1-5-23-21(13-17-7-9-18(10-8-17)25(32)29-16-26(3,4)33)24(6-2)31(30-23)20-12-11-19(15-28)22(27)14-20/h7-12,14,33H,5-6,13,16H2,1-4H3,(H,29,32). The van der Waals surface area contributed by atoms with E-state index >= 15 is 0 Å². The summed E-state index contributed by atoms with van der Waals surface area (Å²) < 4.78 is 1.92. The van der Waals surface area contributed by atoms with Crippen molar-refractivity contribution in [2.75, 3.05) is 6.54 Å². The number of carbonyl (C=O) groups excluding carboxylic acids is 1. The molecule has 0 aliphatic carbocycles. The maximum atomic E-state index is 12.3. The molecule has 2 N–H and O–H groups in total. The maximum absolute atomic E-state index is 12.3. The van der Waals surface area contributed by atoms with Crippen molar-refractivity contribution in [1.82, 2.24) is 15.1 Å². The molecule has 0 fully saturated rings. The second-order valence-electron chi connectivity index (χ2n) is 8.64. The van der Waals surface area contributed by atoms with E-state index in [0.29, 0.717) is 22.6 Å². The van der Waals surface area contributed by atoms with Gasteiger partial charge in [-0.15, -0.1) is 0 Å². The molecule has 33 heavy (non-hydrogen) atoms. The van der Waals surface area contributed by atoms with Crippen molar-refractivity contribution in [2.45, 2.75) is 52.6 Å². The van der Waals surface area contributed by atoms with Crippen molar-refractivity contribution < 1.29 is 9.90 Å². The molecule has 0 bridgehead atoms. The molecule has 2 aromatic carbocycles. The molecule has 1 heterocycles. The highest BCUT2D eigenvalue weighted by Gasteiger charge is 2.19. The number of benzene rings is 2. The highest BCUT2D eigenvalue weighted by Crippen LogP contribution is 2.26. The van der Waals surface area contributed by atoms with Crippen molar-refractivity contribution in [3.8, 4) is 11.8 Å². The summed E-state index contributed by atoms with van der Waals surface area (Å²) in [6.45, 7) is 7.67. The van der Waals surface area contributed by atoms with E-state index in [4.69, 9.17) is 22.0 Å². The third-order valence-electron chi connectivity index (χ3n) is 5.44. The molecule has 0 aliphatic heterocycles. The molecule has 0 unspecified atom stereocenters. The van der Waals surface area contributed by atoms with Gasteiger partial charge in [0.25, 0.3) is 5.91 Å². The van der Waals surface area contributed by atoms with Gasteiger partial charge >= 0.3 is 0 Å². The minimum atomic E-state index is -0.956. The average molecular weight is 465 g/mol. The number of rotatable bonds is 8. The van der Waals surface area contributed by atoms with Crippen LogP contribution in [0.25, 0.3) is 5.69 Å². The minimum Gasteiger partial charge on any atom is -0.389 e. The largest absolute Gasteiger partial charge is 0.389 e. The van der Waals surface area contributed by atoms with E-state index < -0.39 is 5.60 Å². The van der Waals surface area contributed by atoms with Crippen LogP contribution >= 0.6 is 11.6 Å². The SMILES string of the molecule is CCc1nn(-c2ccc(C#N)c(Cl)c2)c(CC)c1Cc1ccc(C(=O)NCC(C)(C)O)cc1. The van der Waals surface area contributed by atoms with Crippen LogP contribution in [0.4, 0.5) is 0 Å². The van der Waals surface area contributed by atoms with Crippen molar-refractivity contribution in [3.05, 3.63) is 81.1 Å². The topological polar surface area (TPSA) is 90.9 Å². The fourth-order valence-corrected chi connectivity index (χ4v) is 3.92. The van der Waals surface area contributed by atoms with Crippen LogP contribution in [0, 0.1) is 11.3 Å². The van der Waals surface area contributed by atoms with E-state index in [0.717, 1.165) is 35.5 Å². The molecule has 3 rings (SSSR count). The monoisotopic (exact) mass is 464 g/mol. The summed E-state index contributed by atoms with van der Waals surface area (Å²) in [4.78, 5) is 12.3. The first-order valence-corrected chi connectivity index (χ1v) is 11.4. The number of hydrogen-bond donors (Lipinski definition) is 2. The summed E-state index contributed by atoms with van der Waals surface area (Å²) in [6.07, 6.45) is 2.27. The molecular formula is C26H29ClN4O2. The Morgan fingerprint density at radius 1 is 1.18 bits per heavy atom. The number of halogens is 1. The highest BCUT2D eigenvalue weighted by atomic mass is 35.5. The van der Waals surface area contributed by atoms with Crippen molar-refractivity contribution >= 4 is 17.5 Å². The number of nitriles is 1. The molecule has 3 aromatic rings. The summed E-state index contributed by atoms with van der Waals surface area (Å²) in [6, 6.07) is 14.9. The number of carbonyl (C=O) groups is 1. The maximum Gasteiger partial charge on any atom is 0.251 e. The quantitative estimate of drug-likeness (QED) is 0.509. The molecule has 6 nitrogen and oxygen atoms in total. The second kappa shape index (κ2) is 10.2. The van der Waals surface area contributed by atoms with Gasteiger partial charge in [0.2, 0.25) is 0 Å². The van der Waals surface area contributed by atoms with Crippen LogP contribution in [0.2, 0.25) is 5.02 Å². The third kappa shape index (κ3) is 5.81. The van der Waals surface area contributed by atoms with Crippen LogP contribution in [0.5, 0.6) is 0 Å². The van der Waals surface area contributed by atoms with Crippen LogP contribution < -0.4 is 5.32 Å². The lowest BCUT2D eigenvalue weighted by molar-refractivity contribution is 0.0694. The number of aryl methyl sites for hydroxylation is 1. The first-order valence-electron chi connectivity index (χ1n) is 11.1. The summed E-state index contributed by atoms with van der Waals surface area (Å²) in [7, 11) is 0. The average Bonchev–Trinajstić information content (AvgIpc) is 3.14. The van der Waals surface area contributed by atoms with Gasteiger partial charge < -0.3 is 10.4 Å². The Kier molecular flexibility index (Phi) is 7.57. The first kappa shape index (κ1) is 24.5. The molecule has 0 aliphatic rings. The first-order chi connectivity index (χ1) is 15.7. The van der Waals surface area contributed by atoms with Gasteiger partial charge in [0.1, 0.15) is 6.07 Å². The molecule has 172 valence electrons. The second-order valence-corrected chi connectivity index (χ2v) is 9.04. The number of nitrogens with one attached hydrogen (secondary N) is 1. The number of hydrogen-bond acceptors (Lipinski definition) is 4. The highest BCUT2D eigenvalue weighted by molar-refractivity contribution is 6.31. The zero-order valence-electron chi connectivity index (χ0n) is 19.4. The summed E-state index contributed by atoms with van der Waals surface area (Å²) >= 11 is 6.26. The van der Waals surface area contributed by atoms with Gasteiger partial charge in [-0.2, -0.15) is 10.4 Å². The molecule has 0 spiro atoms. The van der Waals surface area contributed by atoms with Gasteiger partial charge in [-0.25, -0.2) is 4.68 Å². The third-order valence-corrected chi connectivity index (χ3v) is 5.75. The molecule has 0 saturated heterocycles. The van der Waals surface area contributed by atoms with Crippen LogP contribution in [0.15, 0.2) is 42.5 Å². The van der Waals surface area contributed by atoms with Gasteiger partial charge in [0, 0.05) is 29.8 Å². The number of nitrogens with zero attached hydrogens (tertiary/aromatic N) is 3. The molecular weight excluding hydrogens is 436 g/mol. The number of amides is 1. The van der Waals surface area contributed by atoms with Crippen molar-refractivity contribution in [1.29, 1.82) is 5.26 Å². The van der Waals surface area contributed by atoms with Crippen LogP contribution in [-0.4, -0.2) is 32.9 Å². The molecule has 0 atom stereocenters. The predicted molar refractivity (Wildman–Crippen MR) is 130 cm³/mol. The Hall–Kier alpha value is -3.14.